The summed E-state index contributed by atoms with van der Waals surface area (Å²) in [6, 6.07) is 6.11. The molecule has 1 atom stereocenters. The summed E-state index contributed by atoms with van der Waals surface area (Å²) in [5.74, 6) is 1.02. The lowest BCUT2D eigenvalue weighted by atomic mass is 9.98. The van der Waals surface area contributed by atoms with Crippen LogP contribution >= 0.6 is 0 Å². The first-order valence-corrected chi connectivity index (χ1v) is 7.94. The van der Waals surface area contributed by atoms with Gasteiger partial charge in [0.2, 0.25) is 0 Å². The Hall–Kier alpha value is -1.51. The lowest BCUT2D eigenvalue weighted by Crippen LogP contribution is -2.32. The molecule has 20 heavy (non-hydrogen) atoms. The predicted octanol–water partition coefficient (Wildman–Crippen LogP) is 3.31. The lowest BCUT2D eigenvalue weighted by molar-refractivity contribution is 0.0760. The molecule has 2 aliphatic rings. The van der Waals surface area contributed by atoms with E-state index in [-0.39, 0.29) is 5.91 Å². The summed E-state index contributed by atoms with van der Waals surface area (Å²) in [7, 11) is 0. The van der Waals surface area contributed by atoms with Gasteiger partial charge in [0.15, 0.2) is 0 Å². The summed E-state index contributed by atoms with van der Waals surface area (Å²) < 4.78 is 0. The molecule has 1 aromatic rings. The fourth-order valence-corrected chi connectivity index (χ4v) is 3.40. The van der Waals surface area contributed by atoms with Gasteiger partial charge in [0.1, 0.15) is 0 Å². The lowest BCUT2D eigenvalue weighted by Gasteiger charge is -2.21. The van der Waals surface area contributed by atoms with Crippen LogP contribution in [0.5, 0.6) is 0 Å². The zero-order valence-electron chi connectivity index (χ0n) is 12.3. The normalized spacial score (nSPS) is 22.1. The average Bonchev–Trinajstić information content (AvgIpc) is 2.81. The first-order valence-electron chi connectivity index (χ1n) is 7.94. The second-order valence-corrected chi connectivity index (χ2v) is 6.05. The van der Waals surface area contributed by atoms with Gasteiger partial charge in [0.05, 0.1) is 0 Å². The molecule has 3 heteroatoms. The molecular weight excluding hydrogens is 248 g/mol. The molecule has 1 amide bonds. The van der Waals surface area contributed by atoms with E-state index in [0.717, 1.165) is 50.4 Å². The van der Waals surface area contributed by atoms with Crippen LogP contribution in [0.1, 0.15) is 48.5 Å². The van der Waals surface area contributed by atoms with Gasteiger partial charge in [-0.15, -0.1) is 0 Å². The van der Waals surface area contributed by atoms with Crippen LogP contribution in [-0.4, -0.2) is 30.4 Å². The van der Waals surface area contributed by atoms with Crippen molar-refractivity contribution in [1.82, 2.24) is 4.90 Å². The summed E-state index contributed by atoms with van der Waals surface area (Å²) in [6.07, 6.45) is 5.86. The zero-order chi connectivity index (χ0) is 13.9. The van der Waals surface area contributed by atoms with Gasteiger partial charge < -0.3 is 10.2 Å². The topological polar surface area (TPSA) is 32.3 Å². The second kappa shape index (κ2) is 5.86. The van der Waals surface area contributed by atoms with E-state index < -0.39 is 0 Å². The number of amides is 1. The molecule has 0 spiro atoms. The molecule has 2 aliphatic heterocycles. The molecular formula is C17H24N2O. The third-order valence-corrected chi connectivity index (χ3v) is 4.77. The molecule has 0 radical (unpaired) electrons. The van der Waals surface area contributed by atoms with Crippen LogP contribution in [0.4, 0.5) is 5.69 Å². The van der Waals surface area contributed by atoms with E-state index in [1.54, 1.807) is 0 Å². The number of carbonyl (C=O) groups is 1. The van der Waals surface area contributed by atoms with E-state index in [9.17, 15) is 4.79 Å². The van der Waals surface area contributed by atoms with Crippen molar-refractivity contribution in [2.75, 3.05) is 25.0 Å². The molecule has 0 aliphatic carbocycles. The van der Waals surface area contributed by atoms with Crippen LogP contribution in [0.3, 0.4) is 0 Å². The number of hydrogen-bond donors (Lipinski definition) is 1. The molecule has 3 rings (SSSR count). The third kappa shape index (κ3) is 2.67. The highest BCUT2D eigenvalue weighted by Gasteiger charge is 2.22. The molecule has 1 N–H and O–H groups in total. The number of fused-ring (bicyclic) bond motifs is 1. The number of nitrogens with zero attached hydrogens (tertiary/aromatic N) is 1. The standard InChI is InChI=1S/C17H24N2O/c1-2-13-4-3-10-19(11-8-13)17(20)15-5-6-16-14(12-15)7-9-18-16/h5-6,12-13,18H,2-4,7-11H2,1H3. The van der Waals surface area contributed by atoms with Crippen LogP contribution < -0.4 is 5.32 Å². The van der Waals surface area contributed by atoms with E-state index in [1.165, 1.54) is 24.1 Å². The van der Waals surface area contributed by atoms with Crippen LogP contribution in [-0.2, 0) is 6.42 Å². The maximum absolute atomic E-state index is 12.7. The van der Waals surface area contributed by atoms with Crippen molar-refractivity contribution < 1.29 is 4.79 Å². The largest absolute Gasteiger partial charge is 0.384 e. The number of carbonyl (C=O) groups excluding carboxylic acids is 1. The summed E-state index contributed by atoms with van der Waals surface area (Å²) in [5, 5.41) is 3.34. The van der Waals surface area contributed by atoms with Crippen LogP contribution in [0.25, 0.3) is 0 Å². The van der Waals surface area contributed by atoms with Crippen LogP contribution in [0.15, 0.2) is 18.2 Å². The smallest absolute Gasteiger partial charge is 0.253 e. The predicted molar refractivity (Wildman–Crippen MR) is 82.2 cm³/mol. The molecule has 1 unspecified atom stereocenters. The van der Waals surface area contributed by atoms with Crippen molar-refractivity contribution in [3.05, 3.63) is 29.3 Å². The van der Waals surface area contributed by atoms with Crippen LogP contribution in [0, 0.1) is 5.92 Å². The Bertz CT molecular complexity index is 498. The van der Waals surface area contributed by atoms with Gasteiger partial charge in [-0.1, -0.05) is 13.3 Å². The highest BCUT2D eigenvalue weighted by Crippen LogP contribution is 2.25. The summed E-state index contributed by atoms with van der Waals surface area (Å²) in [6.45, 7) is 5.10. The van der Waals surface area contributed by atoms with Gasteiger partial charge >= 0.3 is 0 Å². The monoisotopic (exact) mass is 272 g/mol. The highest BCUT2D eigenvalue weighted by molar-refractivity contribution is 5.95. The van der Waals surface area contributed by atoms with Crippen molar-refractivity contribution in [3.8, 4) is 0 Å². The number of hydrogen-bond acceptors (Lipinski definition) is 2. The van der Waals surface area contributed by atoms with Gasteiger partial charge in [0, 0.05) is 30.9 Å². The molecule has 1 saturated heterocycles. The molecule has 1 aromatic carbocycles. The summed E-state index contributed by atoms with van der Waals surface area (Å²) in [4.78, 5) is 14.7. The molecule has 3 nitrogen and oxygen atoms in total. The van der Waals surface area contributed by atoms with Crippen molar-refractivity contribution >= 4 is 11.6 Å². The van der Waals surface area contributed by atoms with E-state index >= 15 is 0 Å². The number of rotatable bonds is 2. The van der Waals surface area contributed by atoms with E-state index in [0.29, 0.717) is 0 Å². The molecule has 0 saturated carbocycles. The van der Waals surface area contributed by atoms with Crippen molar-refractivity contribution in [2.45, 2.75) is 39.0 Å². The van der Waals surface area contributed by atoms with Gasteiger partial charge in [-0.3, -0.25) is 4.79 Å². The number of benzene rings is 1. The average molecular weight is 272 g/mol. The Morgan fingerprint density at radius 3 is 3.10 bits per heavy atom. The first kappa shape index (κ1) is 13.5. The fraction of sp³-hybridized carbons (Fsp3) is 0.588. The summed E-state index contributed by atoms with van der Waals surface area (Å²) >= 11 is 0. The Kier molecular flexibility index (Phi) is 3.95. The highest BCUT2D eigenvalue weighted by atomic mass is 16.2. The Morgan fingerprint density at radius 1 is 1.35 bits per heavy atom. The number of nitrogens with one attached hydrogen (secondary N) is 1. The van der Waals surface area contributed by atoms with Gasteiger partial charge in [0.25, 0.3) is 5.91 Å². The Morgan fingerprint density at radius 2 is 2.25 bits per heavy atom. The minimum absolute atomic E-state index is 0.219. The zero-order valence-corrected chi connectivity index (χ0v) is 12.3. The Labute approximate surface area is 121 Å². The molecule has 1 fully saturated rings. The maximum Gasteiger partial charge on any atom is 0.253 e. The van der Waals surface area contributed by atoms with E-state index in [2.05, 4.69) is 29.3 Å². The van der Waals surface area contributed by atoms with Crippen molar-refractivity contribution in [3.63, 3.8) is 0 Å². The summed E-state index contributed by atoms with van der Waals surface area (Å²) in [5.41, 5.74) is 3.35. The SMILES string of the molecule is CCC1CCCN(C(=O)c2ccc3c(c2)CCN3)CC1. The molecule has 0 bridgehead atoms. The minimum Gasteiger partial charge on any atom is -0.384 e. The van der Waals surface area contributed by atoms with Crippen molar-refractivity contribution in [1.29, 1.82) is 0 Å². The van der Waals surface area contributed by atoms with Gasteiger partial charge in [-0.25, -0.2) is 0 Å². The van der Waals surface area contributed by atoms with Crippen LogP contribution in [0.2, 0.25) is 0 Å². The minimum atomic E-state index is 0.219. The molecule has 0 aromatic heterocycles. The van der Waals surface area contributed by atoms with Gasteiger partial charge in [-0.05, 0) is 55.4 Å². The molecule has 2 heterocycles. The fourth-order valence-electron chi connectivity index (χ4n) is 3.40. The quantitative estimate of drug-likeness (QED) is 0.896. The van der Waals surface area contributed by atoms with Gasteiger partial charge in [-0.2, -0.15) is 0 Å². The molecule has 108 valence electrons. The first-order chi connectivity index (χ1) is 9.78. The van der Waals surface area contributed by atoms with E-state index in [1.807, 2.05) is 6.07 Å². The second-order valence-electron chi connectivity index (χ2n) is 6.05. The Balaban J connectivity index is 1.72. The third-order valence-electron chi connectivity index (χ3n) is 4.77. The van der Waals surface area contributed by atoms with Crippen molar-refractivity contribution in [2.24, 2.45) is 5.92 Å². The maximum atomic E-state index is 12.7. The number of anilines is 1. The number of likely N-dealkylation sites (tertiary alicyclic amines) is 1. The van der Waals surface area contributed by atoms with E-state index in [4.69, 9.17) is 0 Å².